The van der Waals surface area contributed by atoms with Gasteiger partial charge in [-0.15, -0.1) is 0 Å². The van der Waals surface area contributed by atoms with Gasteiger partial charge >= 0.3 is 0 Å². The van der Waals surface area contributed by atoms with Gasteiger partial charge in [0, 0.05) is 18.7 Å². The SMILES string of the molecule is COc1ccc(NS(=O)(=O)c2cc3c(cc2C)N(Cc2noc(C)n2)C(=O)CO3)cc1. The molecule has 0 aliphatic carbocycles. The van der Waals surface area contributed by atoms with Crippen LogP contribution in [0, 0.1) is 13.8 Å². The molecule has 1 aliphatic rings. The Morgan fingerprint density at radius 2 is 1.94 bits per heavy atom. The maximum atomic E-state index is 13.0. The monoisotopic (exact) mass is 444 g/mol. The van der Waals surface area contributed by atoms with Crippen molar-refractivity contribution >= 4 is 27.3 Å². The molecule has 0 unspecified atom stereocenters. The van der Waals surface area contributed by atoms with Crippen molar-refractivity contribution in [1.29, 1.82) is 0 Å². The first-order valence-electron chi connectivity index (χ1n) is 9.31. The van der Waals surface area contributed by atoms with Crippen LogP contribution in [0.3, 0.4) is 0 Å². The fraction of sp³-hybridized carbons (Fsp3) is 0.250. The Morgan fingerprint density at radius 3 is 2.58 bits per heavy atom. The number of fused-ring (bicyclic) bond motifs is 1. The number of nitrogens with one attached hydrogen (secondary N) is 1. The van der Waals surface area contributed by atoms with Crippen LogP contribution in [0.15, 0.2) is 45.8 Å². The number of hydrogen-bond donors (Lipinski definition) is 1. The lowest BCUT2D eigenvalue weighted by Crippen LogP contribution is -2.38. The molecule has 1 amide bonds. The van der Waals surface area contributed by atoms with Crippen molar-refractivity contribution in [2.24, 2.45) is 0 Å². The number of anilines is 2. The lowest BCUT2D eigenvalue weighted by atomic mass is 10.1. The van der Waals surface area contributed by atoms with E-state index in [1.807, 2.05) is 0 Å². The number of carbonyl (C=O) groups excluding carboxylic acids is 1. The molecule has 0 atom stereocenters. The highest BCUT2D eigenvalue weighted by Crippen LogP contribution is 2.37. The summed E-state index contributed by atoms with van der Waals surface area (Å²) in [6, 6.07) is 9.54. The Balaban J connectivity index is 1.65. The van der Waals surface area contributed by atoms with Gasteiger partial charge in [-0.25, -0.2) is 8.42 Å². The molecule has 162 valence electrons. The van der Waals surface area contributed by atoms with Crippen LogP contribution in [-0.2, 0) is 21.4 Å². The zero-order valence-corrected chi connectivity index (χ0v) is 17.9. The van der Waals surface area contributed by atoms with Crippen LogP contribution in [0.2, 0.25) is 0 Å². The molecule has 2 heterocycles. The second-order valence-corrected chi connectivity index (χ2v) is 8.57. The van der Waals surface area contributed by atoms with Crippen LogP contribution in [-0.4, -0.2) is 38.2 Å². The predicted octanol–water partition coefficient (Wildman–Crippen LogP) is 2.42. The number of aryl methyl sites for hydroxylation is 2. The number of hydrogen-bond acceptors (Lipinski definition) is 8. The van der Waals surface area contributed by atoms with E-state index in [1.54, 1.807) is 44.2 Å². The first-order chi connectivity index (χ1) is 14.8. The van der Waals surface area contributed by atoms with Crippen molar-refractivity contribution in [3.05, 3.63) is 53.7 Å². The minimum atomic E-state index is -3.90. The molecule has 0 bridgehead atoms. The van der Waals surface area contributed by atoms with Gasteiger partial charge in [0.05, 0.1) is 24.2 Å². The van der Waals surface area contributed by atoms with E-state index >= 15 is 0 Å². The quantitative estimate of drug-likeness (QED) is 0.615. The molecule has 1 aromatic heterocycles. The summed E-state index contributed by atoms with van der Waals surface area (Å²) in [6.07, 6.45) is 0. The van der Waals surface area contributed by atoms with Gasteiger partial charge in [0.15, 0.2) is 12.4 Å². The van der Waals surface area contributed by atoms with Crippen molar-refractivity contribution in [3.8, 4) is 11.5 Å². The van der Waals surface area contributed by atoms with E-state index in [1.165, 1.54) is 18.1 Å². The van der Waals surface area contributed by atoms with Gasteiger partial charge in [0.25, 0.3) is 15.9 Å². The molecule has 4 rings (SSSR count). The van der Waals surface area contributed by atoms with Gasteiger partial charge < -0.3 is 14.0 Å². The number of aromatic nitrogens is 2. The zero-order valence-electron chi connectivity index (χ0n) is 17.1. The van der Waals surface area contributed by atoms with Gasteiger partial charge in [-0.1, -0.05) is 5.16 Å². The minimum absolute atomic E-state index is 0.0479. The van der Waals surface area contributed by atoms with Gasteiger partial charge in [-0.2, -0.15) is 4.98 Å². The number of ether oxygens (including phenoxy) is 2. The van der Waals surface area contributed by atoms with Crippen molar-refractivity contribution in [2.75, 3.05) is 23.3 Å². The van der Waals surface area contributed by atoms with Crippen molar-refractivity contribution in [1.82, 2.24) is 10.1 Å². The first kappa shape index (κ1) is 20.7. The van der Waals surface area contributed by atoms with Crippen LogP contribution in [0.5, 0.6) is 11.5 Å². The Hall–Kier alpha value is -3.60. The highest BCUT2D eigenvalue weighted by molar-refractivity contribution is 7.92. The third-order valence-corrected chi connectivity index (χ3v) is 6.22. The fourth-order valence-electron chi connectivity index (χ4n) is 3.21. The molecule has 2 aromatic carbocycles. The number of methoxy groups -OCH3 is 1. The molecule has 0 radical (unpaired) electrons. The van der Waals surface area contributed by atoms with Crippen LogP contribution in [0.4, 0.5) is 11.4 Å². The number of nitrogens with zero attached hydrogens (tertiary/aromatic N) is 3. The molecule has 31 heavy (non-hydrogen) atoms. The standard InChI is InChI=1S/C20H20N4O6S/c1-12-8-16-17(29-11-20(25)24(16)10-19-21-13(2)30-22-19)9-18(12)31(26,27)23-14-4-6-15(28-3)7-5-14/h4-9,23H,10-11H2,1-3H3. The summed E-state index contributed by atoms with van der Waals surface area (Å²) < 4.78 is 44.1. The van der Waals surface area contributed by atoms with E-state index in [2.05, 4.69) is 14.9 Å². The highest BCUT2D eigenvalue weighted by atomic mass is 32.2. The molecule has 1 N–H and O–H groups in total. The summed E-state index contributed by atoms with van der Waals surface area (Å²) in [4.78, 5) is 18.0. The lowest BCUT2D eigenvalue weighted by Gasteiger charge is -2.29. The van der Waals surface area contributed by atoms with Gasteiger partial charge in [-0.05, 0) is 42.8 Å². The molecular weight excluding hydrogens is 424 g/mol. The third-order valence-electron chi connectivity index (χ3n) is 4.70. The maximum absolute atomic E-state index is 13.0. The first-order valence-corrected chi connectivity index (χ1v) is 10.8. The van der Waals surface area contributed by atoms with Crippen LogP contribution in [0.1, 0.15) is 17.3 Å². The fourth-order valence-corrected chi connectivity index (χ4v) is 4.51. The summed E-state index contributed by atoms with van der Waals surface area (Å²) in [5.74, 6) is 1.33. The predicted molar refractivity (Wildman–Crippen MR) is 111 cm³/mol. The normalized spacial score (nSPS) is 13.5. The van der Waals surface area contributed by atoms with Gasteiger partial charge in [0.1, 0.15) is 11.5 Å². The summed E-state index contributed by atoms with van der Waals surface area (Å²) in [5.41, 5.74) is 1.29. The molecule has 0 saturated carbocycles. The van der Waals surface area contributed by atoms with Crippen molar-refractivity contribution in [2.45, 2.75) is 25.3 Å². The molecule has 1 aliphatic heterocycles. The maximum Gasteiger partial charge on any atom is 0.265 e. The number of benzene rings is 2. The lowest BCUT2D eigenvalue weighted by molar-refractivity contribution is -0.121. The molecule has 0 fully saturated rings. The Bertz CT molecular complexity index is 1240. The number of rotatable bonds is 6. The van der Waals surface area contributed by atoms with Crippen LogP contribution >= 0.6 is 0 Å². The van der Waals surface area contributed by atoms with Crippen LogP contribution in [0.25, 0.3) is 0 Å². The summed E-state index contributed by atoms with van der Waals surface area (Å²) in [5, 5.41) is 3.82. The summed E-state index contributed by atoms with van der Waals surface area (Å²) in [7, 11) is -2.37. The topological polar surface area (TPSA) is 124 Å². The van der Waals surface area contributed by atoms with E-state index in [0.29, 0.717) is 34.4 Å². The van der Waals surface area contributed by atoms with E-state index in [9.17, 15) is 13.2 Å². The average Bonchev–Trinajstić information content (AvgIpc) is 3.15. The van der Waals surface area contributed by atoms with Gasteiger partial charge in [-0.3, -0.25) is 14.4 Å². The Kier molecular flexibility index (Phi) is 5.27. The van der Waals surface area contributed by atoms with E-state index in [4.69, 9.17) is 14.0 Å². The molecule has 3 aromatic rings. The van der Waals surface area contributed by atoms with Crippen molar-refractivity contribution in [3.63, 3.8) is 0 Å². The molecule has 0 spiro atoms. The Labute approximate surface area is 178 Å². The highest BCUT2D eigenvalue weighted by Gasteiger charge is 2.30. The second-order valence-electron chi connectivity index (χ2n) is 6.92. The zero-order chi connectivity index (χ0) is 22.2. The Morgan fingerprint density at radius 1 is 1.19 bits per heavy atom. The largest absolute Gasteiger partial charge is 0.497 e. The number of amides is 1. The van der Waals surface area contributed by atoms with Gasteiger partial charge in [0.2, 0.25) is 5.89 Å². The smallest absolute Gasteiger partial charge is 0.265 e. The minimum Gasteiger partial charge on any atom is -0.497 e. The molecule has 10 nitrogen and oxygen atoms in total. The summed E-state index contributed by atoms with van der Waals surface area (Å²) >= 11 is 0. The average molecular weight is 444 g/mol. The summed E-state index contributed by atoms with van der Waals surface area (Å²) in [6.45, 7) is 3.17. The number of sulfonamides is 1. The van der Waals surface area contributed by atoms with E-state index in [0.717, 1.165) is 0 Å². The van der Waals surface area contributed by atoms with E-state index < -0.39 is 10.0 Å². The molecule has 11 heteroatoms. The van der Waals surface area contributed by atoms with E-state index in [-0.39, 0.29) is 29.7 Å². The van der Waals surface area contributed by atoms with Crippen LogP contribution < -0.4 is 19.1 Å². The molecular formula is C20H20N4O6S. The second kappa shape index (κ2) is 7.91. The number of carbonyl (C=O) groups is 1. The van der Waals surface area contributed by atoms with Crippen molar-refractivity contribution < 1.29 is 27.2 Å². The third kappa shape index (κ3) is 4.17. The molecule has 0 saturated heterocycles.